The average molecular weight is 342 g/mol. The average Bonchev–Trinajstić information content (AvgIpc) is 2.64. The molecule has 132 valence electrons. The Bertz CT molecular complexity index is 714. The predicted octanol–water partition coefficient (Wildman–Crippen LogP) is 2.62. The molecular formula is C19H22N2O4. The lowest BCUT2D eigenvalue weighted by Crippen LogP contribution is -2.43. The summed E-state index contributed by atoms with van der Waals surface area (Å²) in [5.74, 6) is 0.328. The number of carbonyl (C=O) groups is 2. The maximum absolute atomic E-state index is 12.1. The van der Waals surface area contributed by atoms with Gasteiger partial charge in [0.1, 0.15) is 11.5 Å². The normalized spacial score (nSPS) is 10.0. The van der Waals surface area contributed by atoms with E-state index >= 15 is 0 Å². The third kappa shape index (κ3) is 6.18. The lowest BCUT2D eigenvalue weighted by atomic mass is 10.2. The maximum atomic E-state index is 12.1. The van der Waals surface area contributed by atoms with Gasteiger partial charge < -0.3 is 9.47 Å². The summed E-state index contributed by atoms with van der Waals surface area (Å²) >= 11 is 0. The van der Waals surface area contributed by atoms with E-state index in [9.17, 15) is 9.59 Å². The second-order valence-electron chi connectivity index (χ2n) is 5.48. The predicted molar refractivity (Wildman–Crippen MR) is 94.5 cm³/mol. The Morgan fingerprint density at radius 2 is 1.72 bits per heavy atom. The molecule has 6 nitrogen and oxygen atoms in total. The second-order valence-corrected chi connectivity index (χ2v) is 5.48. The van der Waals surface area contributed by atoms with Gasteiger partial charge in [0.2, 0.25) is 0 Å². The highest BCUT2D eigenvalue weighted by Crippen LogP contribution is 2.13. The summed E-state index contributed by atoms with van der Waals surface area (Å²) in [6.07, 6.45) is 0.882. The van der Waals surface area contributed by atoms with E-state index < -0.39 is 11.8 Å². The molecule has 25 heavy (non-hydrogen) atoms. The topological polar surface area (TPSA) is 76.7 Å². The largest absolute Gasteiger partial charge is 0.494 e. The molecule has 0 heterocycles. The summed E-state index contributed by atoms with van der Waals surface area (Å²) in [5.41, 5.74) is 6.18. The molecule has 0 aromatic heterocycles. The van der Waals surface area contributed by atoms with Crippen LogP contribution in [0.1, 0.15) is 29.3 Å². The van der Waals surface area contributed by atoms with Crippen molar-refractivity contribution in [2.24, 2.45) is 0 Å². The Morgan fingerprint density at radius 3 is 2.44 bits per heavy atom. The van der Waals surface area contributed by atoms with Crippen molar-refractivity contribution >= 4 is 11.8 Å². The van der Waals surface area contributed by atoms with Crippen LogP contribution in [0, 0.1) is 6.92 Å². The summed E-state index contributed by atoms with van der Waals surface area (Å²) in [6, 6.07) is 14.1. The van der Waals surface area contributed by atoms with Crippen molar-refractivity contribution in [3.8, 4) is 11.5 Å². The summed E-state index contributed by atoms with van der Waals surface area (Å²) in [4.78, 5) is 23.8. The third-order valence-electron chi connectivity index (χ3n) is 3.28. The smallest absolute Gasteiger partial charge is 0.276 e. The van der Waals surface area contributed by atoms with Gasteiger partial charge in [-0.05, 0) is 43.7 Å². The zero-order valence-electron chi connectivity index (χ0n) is 14.4. The van der Waals surface area contributed by atoms with Crippen LogP contribution in [0.2, 0.25) is 0 Å². The van der Waals surface area contributed by atoms with Crippen molar-refractivity contribution in [2.45, 2.75) is 20.3 Å². The first-order chi connectivity index (χ1) is 12.1. The number of benzene rings is 2. The van der Waals surface area contributed by atoms with Gasteiger partial charge in [-0.3, -0.25) is 20.4 Å². The third-order valence-corrected chi connectivity index (χ3v) is 3.28. The van der Waals surface area contributed by atoms with Gasteiger partial charge in [-0.25, -0.2) is 0 Å². The Hall–Kier alpha value is -3.02. The molecule has 0 atom stereocenters. The fourth-order valence-corrected chi connectivity index (χ4v) is 1.97. The minimum atomic E-state index is -0.452. The second kappa shape index (κ2) is 9.32. The first kappa shape index (κ1) is 18.3. The number of aryl methyl sites for hydroxylation is 1. The van der Waals surface area contributed by atoms with E-state index in [0.29, 0.717) is 23.7 Å². The van der Waals surface area contributed by atoms with Crippen LogP contribution in [0.4, 0.5) is 0 Å². The SMILES string of the molecule is CCCOc1cccc(C(=O)NNC(=O)COc2ccc(C)cc2)c1. The van der Waals surface area contributed by atoms with Crippen molar-refractivity contribution in [1.29, 1.82) is 0 Å². The van der Waals surface area contributed by atoms with Gasteiger partial charge in [0, 0.05) is 5.56 Å². The quantitative estimate of drug-likeness (QED) is 0.759. The molecule has 2 amide bonds. The van der Waals surface area contributed by atoms with E-state index in [1.54, 1.807) is 36.4 Å². The molecule has 0 aliphatic carbocycles. The van der Waals surface area contributed by atoms with Crippen LogP contribution in [-0.2, 0) is 4.79 Å². The van der Waals surface area contributed by atoms with Crippen molar-refractivity contribution in [3.05, 3.63) is 59.7 Å². The van der Waals surface area contributed by atoms with Gasteiger partial charge in [-0.15, -0.1) is 0 Å². The molecule has 0 saturated carbocycles. The molecule has 0 spiro atoms. The highest BCUT2D eigenvalue weighted by molar-refractivity contribution is 5.95. The van der Waals surface area contributed by atoms with Crippen molar-refractivity contribution in [2.75, 3.05) is 13.2 Å². The Morgan fingerprint density at radius 1 is 0.960 bits per heavy atom. The lowest BCUT2D eigenvalue weighted by molar-refractivity contribution is -0.123. The molecule has 0 aliphatic rings. The van der Waals surface area contributed by atoms with E-state index in [4.69, 9.17) is 9.47 Å². The first-order valence-corrected chi connectivity index (χ1v) is 8.10. The Balaban J connectivity index is 1.78. The van der Waals surface area contributed by atoms with Crippen molar-refractivity contribution < 1.29 is 19.1 Å². The van der Waals surface area contributed by atoms with E-state index in [1.165, 1.54) is 0 Å². The van der Waals surface area contributed by atoms with E-state index in [-0.39, 0.29) is 6.61 Å². The van der Waals surface area contributed by atoms with Crippen LogP contribution >= 0.6 is 0 Å². The van der Waals surface area contributed by atoms with Gasteiger partial charge in [-0.1, -0.05) is 30.7 Å². The van der Waals surface area contributed by atoms with Crippen LogP contribution < -0.4 is 20.3 Å². The highest BCUT2D eigenvalue weighted by atomic mass is 16.5. The van der Waals surface area contributed by atoms with Crippen molar-refractivity contribution in [1.82, 2.24) is 10.9 Å². The molecule has 2 aromatic rings. The Kier molecular flexibility index (Phi) is 6.83. The Labute approximate surface area is 147 Å². The molecule has 2 aromatic carbocycles. The van der Waals surface area contributed by atoms with Crippen LogP contribution in [0.3, 0.4) is 0 Å². The zero-order chi connectivity index (χ0) is 18.1. The fourth-order valence-electron chi connectivity index (χ4n) is 1.97. The molecule has 0 bridgehead atoms. The van der Waals surface area contributed by atoms with Crippen LogP contribution in [0.5, 0.6) is 11.5 Å². The summed E-state index contributed by atoms with van der Waals surface area (Å²) in [6.45, 7) is 4.36. The van der Waals surface area contributed by atoms with Crippen molar-refractivity contribution in [3.63, 3.8) is 0 Å². The lowest BCUT2D eigenvalue weighted by Gasteiger charge is -2.10. The molecule has 6 heteroatoms. The van der Waals surface area contributed by atoms with Gasteiger partial charge in [0.15, 0.2) is 6.61 Å². The van der Waals surface area contributed by atoms with Crippen LogP contribution in [-0.4, -0.2) is 25.0 Å². The van der Waals surface area contributed by atoms with Crippen LogP contribution in [0.15, 0.2) is 48.5 Å². The number of ether oxygens (including phenoxy) is 2. The van der Waals surface area contributed by atoms with Gasteiger partial charge in [0.05, 0.1) is 6.61 Å². The number of carbonyl (C=O) groups excluding carboxylic acids is 2. The van der Waals surface area contributed by atoms with Gasteiger partial charge in [0.25, 0.3) is 11.8 Å². The number of hydrogen-bond donors (Lipinski definition) is 2. The highest BCUT2D eigenvalue weighted by Gasteiger charge is 2.09. The monoisotopic (exact) mass is 342 g/mol. The first-order valence-electron chi connectivity index (χ1n) is 8.10. The molecule has 0 unspecified atom stereocenters. The van der Waals surface area contributed by atoms with Gasteiger partial charge >= 0.3 is 0 Å². The van der Waals surface area contributed by atoms with E-state index in [1.807, 2.05) is 26.0 Å². The standard InChI is InChI=1S/C19H22N2O4/c1-3-11-24-17-6-4-5-15(12-17)19(23)21-20-18(22)13-25-16-9-7-14(2)8-10-16/h4-10,12H,3,11,13H2,1-2H3,(H,20,22)(H,21,23). The fraction of sp³-hybridized carbons (Fsp3) is 0.263. The summed E-state index contributed by atoms with van der Waals surface area (Å²) in [7, 11) is 0. The number of nitrogens with one attached hydrogen (secondary N) is 2. The number of rotatable bonds is 7. The molecule has 0 aliphatic heterocycles. The van der Waals surface area contributed by atoms with Gasteiger partial charge in [-0.2, -0.15) is 0 Å². The molecular weight excluding hydrogens is 320 g/mol. The molecule has 2 N–H and O–H groups in total. The molecule has 2 rings (SSSR count). The van der Waals surface area contributed by atoms with E-state index in [2.05, 4.69) is 10.9 Å². The molecule has 0 saturated heterocycles. The van der Waals surface area contributed by atoms with Crippen LogP contribution in [0.25, 0.3) is 0 Å². The summed E-state index contributed by atoms with van der Waals surface area (Å²) < 4.78 is 10.8. The summed E-state index contributed by atoms with van der Waals surface area (Å²) in [5, 5.41) is 0. The minimum Gasteiger partial charge on any atom is -0.494 e. The zero-order valence-corrected chi connectivity index (χ0v) is 14.4. The maximum Gasteiger partial charge on any atom is 0.276 e. The number of amides is 2. The number of hydrogen-bond acceptors (Lipinski definition) is 4. The minimum absolute atomic E-state index is 0.191. The molecule has 0 fully saturated rings. The van der Waals surface area contributed by atoms with E-state index in [0.717, 1.165) is 12.0 Å². The number of hydrazine groups is 1. The molecule has 0 radical (unpaired) electrons.